The van der Waals surface area contributed by atoms with Gasteiger partial charge in [-0.15, -0.1) is 22.7 Å². The minimum atomic E-state index is -0.102. The van der Waals surface area contributed by atoms with Gasteiger partial charge in [-0.3, -0.25) is 9.59 Å². The molecule has 1 aliphatic carbocycles. The fraction of sp³-hybridized carbons (Fsp3) is 0.417. The maximum absolute atomic E-state index is 13.6. The first-order chi connectivity index (χ1) is 15.3. The van der Waals surface area contributed by atoms with Crippen molar-refractivity contribution in [1.29, 1.82) is 0 Å². The maximum Gasteiger partial charge on any atom is 0.274 e. The summed E-state index contributed by atoms with van der Waals surface area (Å²) < 4.78 is 0. The van der Waals surface area contributed by atoms with Crippen LogP contribution in [-0.2, 0) is 0 Å². The molecule has 5 rings (SSSR count). The van der Waals surface area contributed by atoms with E-state index >= 15 is 0 Å². The van der Waals surface area contributed by atoms with E-state index in [-0.39, 0.29) is 17.9 Å². The first kappa shape index (κ1) is 21.3. The predicted octanol–water partition coefficient (Wildman–Crippen LogP) is 4.39. The standard InChI is InChI=1S/C24H26N4O2S2/c1-12-6-5-7-16(8-12)22-20(27-15(4)32-22)24(30)28-11-17-9-18(17)19(28)10-25-23(29)21-13(2)26-14(3)31-21/h5-8,17-19H,9-11H2,1-4H3,(H,25,29)/t17-,18-,19-/m1/s1. The summed E-state index contributed by atoms with van der Waals surface area (Å²) in [5.74, 6) is 0.873. The second kappa shape index (κ2) is 8.08. The van der Waals surface area contributed by atoms with Gasteiger partial charge in [-0.2, -0.15) is 0 Å². The molecule has 2 aromatic heterocycles. The number of nitrogens with one attached hydrogen (secondary N) is 1. The van der Waals surface area contributed by atoms with Gasteiger partial charge in [0.1, 0.15) is 10.6 Å². The van der Waals surface area contributed by atoms with Crippen LogP contribution in [0.4, 0.5) is 0 Å². The quantitative estimate of drug-likeness (QED) is 0.605. The summed E-state index contributed by atoms with van der Waals surface area (Å²) in [7, 11) is 0. The molecule has 2 aliphatic rings. The number of carbonyl (C=O) groups is 2. The molecule has 1 aliphatic heterocycles. The lowest BCUT2D eigenvalue weighted by Crippen LogP contribution is -2.45. The number of hydrogen-bond donors (Lipinski definition) is 1. The van der Waals surface area contributed by atoms with Crippen molar-refractivity contribution in [3.8, 4) is 10.4 Å². The van der Waals surface area contributed by atoms with Gasteiger partial charge >= 0.3 is 0 Å². The van der Waals surface area contributed by atoms with Crippen LogP contribution in [0, 0.1) is 39.5 Å². The number of aryl methyl sites for hydroxylation is 4. The van der Waals surface area contributed by atoms with Crippen LogP contribution in [0.15, 0.2) is 24.3 Å². The van der Waals surface area contributed by atoms with Crippen molar-refractivity contribution >= 4 is 34.5 Å². The SMILES string of the molecule is Cc1cccc(-c2sc(C)nc2C(=O)N2C[C@H]3C[C@H]3[C@H]2CNC(=O)c2sc(C)nc2C)c1. The van der Waals surface area contributed by atoms with E-state index < -0.39 is 0 Å². The van der Waals surface area contributed by atoms with Gasteiger partial charge < -0.3 is 10.2 Å². The van der Waals surface area contributed by atoms with Crippen molar-refractivity contribution < 1.29 is 9.59 Å². The summed E-state index contributed by atoms with van der Waals surface area (Å²) in [6.45, 7) is 8.97. The van der Waals surface area contributed by atoms with E-state index in [0.717, 1.165) is 44.7 Å². The lowest BCUT2D eigenvalue weighted by atomic mass is 10.1. The van der Waals surface area contributed by atoms with Crippen LogP contribution in [-0.4, -0.2) is 45.8 Å². The Morgan fingerprint density at radius 1 is 1.12 bits per heavy atom. The summed E-state index contributed by atoms with van der Waals surface area (Å²) in [6, 6.07) is 8.22. The van der Waals surface area contributed by atoms with Crippen LogP contribution < -0.4 is 5.32 Å². The minimum absolute atomic E-state index is 0.0122. The number of piperidine rings is 1. The van der Waals surface area contributed by atoms with Gasteiger partial charge in [-0.25, -0.2) is 9.97 Å². The first-order valence-corrected chi connectivity index (χ1v) is 12.5. The van der Waals surface area contributed by atoms with Crippen LogP contribution in [0.1, 0.15) is 47.9 Å². The Bertz CT molecular complexity index is 1210. The fourth-order valence-electron chi connectivity index (χ4n) is 4.78. The monoisotopic (exact) mass is 466 g/mol. The van der Waals surface area contributed by atoms with Gasteiger partial charge in [0.15, 0.2) is 0 Å². The summed E-state index contributed by atoms with van der Waals surface area (Å²) >= 11 is 2.97. The highest BCUT2D eigenvalue weighted by atomic mass is 32.1. The topological polar surface area (TPSA) is 75.2 Å². The Kier molecular flexibility index (Phi) is 5.37. The summed E-state index contributed by atoms with van der Waals surface area (Å²) in [5.41, 5.74) is 3.48. The molecule has 2 fully saturated rings. The van der Waals surface area contributed by atoms with Gasteiger partial charge in [0.2, 0.25) is 0 Å². The van der Waals surface area contributed by atoms with Crippen LogP contribution in [0.2, 0.25) is 0 Å². The zero-order chi connectivity index (χ0) is 22.6. The fourth-order valence-corrected chi connectivity index (χ4v) is 6.52. The second-order valence-electron chi connectivity index (χ2n) is 8.82. The van der Waals surface area contributed by atoms with Crippen LogP contribution in [0.3, 0.4) is 0 Å². The van der Waals surface area contributed by atoms with Crippen LogP contribution >= 0.6 is 22.7 Å². The summed E-state index contributed by atoms with van der Waals surface area (Å²) in [5, 5.41) is 4.84. The molecule has 0 bridgehead atoms. The molecule has 0 spiro atoms. The van der Waals surface area contributed by atoms with Crippen molar-refractivity contribution in [1.82, 2.24) is 20.2 Å². The largest absolute Gasteiger partial charge is 0.349 e. The Morgan fingerprint density at radius 3 is 2.62 bits per heavy atom. The van der Waals surface area contributed by atoms with Crippen molar-refractivity contribution in [3.63, 3.8) is 0 Å². The molecule has 2 amide bonds. The Morgan fingerprint density at radius 2 is 1.91 bits per heavy atom. The number of aromatic nitrogens is 2. The lowest BCUT2D eigenvalue weighted by molar-refractivity contribution is 0.0690. The average Bonchev–Trinajstić information content (AvgIpc) is 3.07. The Labute approximate surface area is 195 Å². The number of thiazole rings is 2. The number of hydrogen-bond acceptors (Lipinski definition) is 6. The van der Waals surface area contributed by atoms with Crippen LogP contribution in [0.25, 0.3) is 10.4 Å². The molecule has 6 nitrogen and oxygen atoms in total. The second-order valence-corrected chi connectivity index (χ2v) is 11.2. The molecule has 3 atom stereocenters. The van der Waals surface area contributed by atoms with Gasteiger partial charge in [-0.1, -0.05) is 29.8 Å². The number of fused-ring (bicyclic) bond motifs is 1. The third-order valence-electron chi connectivity index (χ3n) is 6.36. The van der Waals surface area contributed by atoms with E-state index in [1.165, 1.54) is 11.3 Å². The molecule has 0 unspecified atom stereocenters. The van der Waals surface area contributed by atoms with Gasteiger partial charge in [0.05, 0.1) is 26.6 Å². The third kappa shape index (κ3) is 3.86. The smallest absolute Gasteiger partial charge is 0.274 e. The minimum Gasteiger partial charge on any atom is -0.349 e. The average molecular weight is 467 g/mol. The molecule has 1 aromatic carbocycles. The molecule has 3 aromatic rings. The number of likely N-dealkylation sites (tertiary alicyclic amines) is 1. The molecule has 1 saturated carbocycles. The zero-order valence-electron chi connectivity index (χ0n) is 18.6. The van der Waals surface area contributed by atoms with E-state index in [4.69, 9.17) is 0 Å². The van der Waals surface area contributed by atoms with E-state index in [0.29, 0.717) is 29.0 Å². The van der Waals surface area contributed by atoms with Crippen molar-refractivity contribution in [2.45, 2.75) is 40.2 Å². The van der Waals surface area contributed by atoms with E-state index in [2.05, 4.69) is 34.3 Å². The van der Waals surface area contributed by atoms with Gasteiger partial charge in [0, 0.05) is 13.1 Å². The molecule has 166 valence electrons. The molecular weight excluding hydrogens is 440 g/mol. The molecule has 3 heterocycles. The number of carbonyl (C=O) groups excluding carboxylic acids is 2. The highest BCUT2D eigenvalue weighted by molar-refractivity contribution is 7.15. The predicted molar refractivity (Wildman–Crippen MR) is 127 cm³/mol. The Balaban J connectivity index is 1.36. The number of amides is 2. The summed E-state index contributed by atoms with van der Waals surface area (Å²) in [4.78, 5) is 38.9. The molecular formula is C24H26N4O2S2. The molecule has 8 heteroatoms. The molecule has 1 saturated heterocycles. The lowest BCUT2D eigenvalue weighted by Gasteiger charge is -2.27. The van der Waals surface area contributed by atoms with E-state index in [1.807, 2.05) is 37.8 Å². The third-order valence-corrected chi connectivity index (χ3v) is 8.45. The number of benzene rings is 1. The molecule has 32 heavy (non-hydrogen) atoms. The highest BCUT2D eigenvalue weighted by Gasteiger charge is 2.54. The maximum atomic E-state index is 13.6. The molecule has 0 radical (unpaired) electrons. The Hall–Kier alpha value is -2.58. The molecule has 1 N–H and O–H groups in total. The summed E-state index contributed by atoms with van der Waals surface area (Å²) in [6.07, 6.45) is 1.13. The number of nitrogens with zero attached hydrogens (tertiary/aromatic N) is 3. The van der Waals surface area contributed by atoms with Crippen molar-refractivity contribution in [3.05, 3.63) is 56.1 Å². The first-order valence-electron chi connectivity index (χ1n) is 10.9. The zero-order valence-corrected chi connectivity index (χ0v) is 20.3. The van der Waals surface area contributed by atoms with E-state index in [1.54, 1.807) is 11.3 Å². The highest BCUT2D eigenvalue weighted by Crippen LogP contribution is 2.50. The van der Waals surface area contributed by atoms with E-state index in [9.17, 15) is 9.59 Å². The van der Waals surface area contributed by atoms with Crippen molar-refractivity contribution in [2.75, 3.05) is 13.1 Å². The van der Waals surface area contributed by atoms with Crippen LogP contribution in [0.5, 0.6) is 0 Å². The van der Waals surface area contributed by atoms with Gasteiger partial charge in [0.25, 0.3) is 11.8 Å². The number of rotatable bonds is 5. The van der Waals surface area contributed by atoms with Gasteiger partial charge in [-0.05, 0) is 51.5 Å². The normalized spacial score (nSPS) is 21.5. The van der Waals surface area contributed by atoms with Crippen molar-refractivity contribution in [2.24, 2.45) is 11.8 Å².